The Balaban J connectivity index is 1.77. The molecule has 0 aliphatic rings. The number of nitrogens with one attached hydrogen (secondary N) is 1. The van der Waals surface area contributed by atoms with Crippen molar-refractivity contribution in [1.82, 2.24) is 5.32 Å². The van der Waals surface area contributed by atoms with Crippen LogP contribution in [0, 0.1) is 6.92 Å². The molecule has 0 unspecified atom stereocenters. The second-order valence-corrected chi connectivity index (χ2v) is 6.25. The fraction of sp³-hybridized carbons (Fsp3) is 0.294. The normalized spacial score (nSPS) is 10.3. The van der Waals surface area contributed by atoms with Gasteiger partial charge in [0.1, 0.15) is 5.75 Å². The summed E-state index contributed by atoms with van der Waals surface area (Å²) in [4.78, 5) is 25.6. The molecule has 0 bridgehead atoms. The molecule has 1 aromatic heterocycles. The lowest BCUT2D eigenvalue weighted by Gasteiger charge is -2.06. The van der Waals surface area contributed by atoms with Gasteiger partial charge < -0.3 is 10.1 Å². The van der Waals surface area contributed by atoms with E-state index < -0.39 is 0 Å². The summed E-state index contributed by atoms with van der Waals surface area (Å²) in [5.41, 5.74) is 0.966. The maximum absolute atomic E-state index is 11.9. The van der Waals surface area contributed by atoms with E-state index in [-0.39, 0.29) is 24.5 Å². The van der Waals surface area contributed by atoms with Crippen molar-refractivity contribution in [3.8, 4) is 5.75 Å². The van der Waals surface area contributed by atoms with Crippen LogP contribution in [-0.4, -0.2) is 18.8 Å². The number of aryl methyl sites for hydroxylation is 1. The Labute approximate surface area is 134 Å². The zero-order chi connectivity index (χ0) is 15.9. The lowest BCUT2D eigenvalue weighted by Crippen LogP contribution is -2.23. The molecule has 1 amide bonds. The average Bonchev–Trinajstić information content (AvgIpc) is 2.97. The third kappa shape index (κ3) is 4.70. The summed E-state index contributed by atoms with van der Waals surface area (Å²) in [7, 11) is 1.61. The van der Waals surface area contributed by atoms with Crippen molar-refractivity contribution >= 4 is 23.0 Å². The van der Waals surface area contributed by atoms with Crippen molar-refractivity contribution in [2.45, 2.75) is 26.3 Å². The summed E-state index contributed by atoms with van der Waals surface area (Å²) in [5, 5.41) is 2.82. The van der Waals surface area contributed by atoms with Crippen LogP contribution in [0.3, 0.4) is 0 Å². The van der Waals surface area contributed by atoms with Crippen molar-refractivity contribution in [2.75, 3.05) is 7.11 Å². The Morgan fingerprint density at radius 3 is 2.68 bits per heavy atom. The first kappa shape index (κ1) is 16.2. The molecule has 22 heavy (non-hydrogen) atoms. The lowest BCUT2D eigenvalue weighted by atomic mass is 10.1. The topological polar surface area (TPSA) is 55.4 Å². The van der Waals surface area contributed by atoms with Gasteiger partial charge in [-0.15, -0.1) is 11.3 Å². The number of carbonyl (C=O) groups is 2. The minimum atomic E-state index is -0.121. The van der Waals surface area contributed by atoms with E-state index in [0.29, 0.717) is 6.54 Å². The van der Waals surface area contributed by atoms with Crippen LogP contribution in [0.2, 0.25) is 0 Å². The van der Waals surface area contributed by atoms with Gasteiger partial charge in [0.2, 0.25) is 5.91 Å². The monoisotopic (exact) mass is 317 g/mol. The second-order valence-electron chi connectivity index (χ2n) is 4.96. The number of rotatable bonds is 7. The Morgan fingerprint density at radius 1 is 1.18 bits per heavy atom. The fourth-order valence-corrected chi connectivity index (χ4v) is 2.84. The van der Waals surface area contributed by atoms with E-state index in [1.54, 1.807) is 7.11 Å². The first-order valence-electron chi connectivity index (χ1n) is 7.08. The van der Waals surface area contributed by atoms with E-state index in [1.165, 1.54) is 11.3 Å². The molecule has 5 heteroatoms. The smallest absolute Gasteiger partial charge is 0.220 e. The van der Waals surface area contributed by atoms with Crippen molar-refractivity contribution in [1.29, 1.82) is 0 Å². The molecule has 0 atom stereocenters. The second kappa shape index (κ2) is 7.75. The highest BCUT2D eigenvalue weighted by Gasteiger charge is 2.11. The Kier molecular flexibility index (Phi) is 5.72. The predicted octanol–water partition coefficient (Wildman–Crippen LogP) is 3.34. The fourth-order valence-electron chi connectivity index (χ4n) is 2.01. The average molecular weight is 317 g/mol. The third-order valence-electron chi connectivity index (χ3n) is 3.22. The summed E-state index contributed by atoms with van der Waals surface area (Å²) in [6.07, 6.45) is 0.448. The number of ketones is 1. The zero-order valence-corrected chi connectivity index (χ0v) is 13.5. The predicted molar refractivity (Wildman–Crippen MR) is 87.5 cm³/mol. The molecule has 0 spiro atoms. The van der Waals surface area contributed by atoms with Gasteiger partial charge in [-0.1, -0.05) is 12.1 Å². The van der Waals surface area contributed by atoms with E-state index in [0.717, 1.165) is 21.1 Å². The molecule has 1 heterocycles. The minimum Gasteiger partial charge on any atom is -0.497 e. The summed E-state index contributed by atoms with van der Waals surface area (Å²) in [6, 6.07) is 11.3. The van der Waals surface area contributed by atoms with E-state index in [9.17, 15) is 9.59 Å². The number of carbonyl (C=O) groups excluding carboxylic acids is 2. The van der Waals surface area contributed by atoms with E-state index in [1.807, 2.05) is 43.3 Å². The highest BCUT2D eigenvalue weighted by molar-refractivity contribution is 7.14. The first-order chi connectivity index (χ1) is 10.6. The maximum atomic E-state index is 11.9. The molecule has 0 aliphatic carbocycles. The van der Waals surface area contributed by atoms with Crippen LogP contribution in [-0.2, 0) is 11.3 Å². The molecule has 1 aromatic carbocycles. The van der Waals surface area contributed by atoms with Crippen molar-refractivity contribution in [3.63, 3.8) is 0 Å². The quantitative estimate of drug-likeness (QED) is 0.797. The van der Waals surface area contributed by atoms with Gasteiger partial charge in [0.05, 0.1) is 12.0 Å². The number of benzene rings is 1. The van der Waals surface area contributed by atoms with Gasteiger partial charge >= 0.3 is 0 Å². The molecule has 1 N–H and O–H groups in total. The van der Waals surface area contributed by atoms with Gasteiger partial charge in [-0.05, 0) is 36.8 Å². The molecular formula is C17H19NO3S. The van der Waals surface area contributed by atoms with Crippen molar-refractivity contribution in [3.05, 3.63) is 51.7 Å². The molecule has 2 rings (SSSR count). The molecule has 0 aliphatic heterocycles. The van der Waals surface area contributed by atoms with E-state index in [4.69, 9.17) is 4.74 Å². The molecule has 0 fully saturated rings. The zero-order valence-electron chi connectivity index (χ0n) is 12.7. The van der Waals surface area contributed by atoms with Gasteiger partial charge in [0.25, 0.3) is 0 Å². The summed E-state index contributed by atoms with van der Waals surface area (Å²) < 4.78 is 5.14. The van der Waals surface area contributed by atoms with Crippen LogP contribution < -0.4 is 10.1 Å². The minimum absolute atomic E-state index is 0.0228. The summed E-state index contributed by atoms with van der Waals surface area (Å²) in [5.74, 6) is 0.661. The van der Waals surface area contributed by atoms with Crippen LogP contribution in [0.5, 0.6) is 5.75 Å². The molecule has 0 radical (unpaired) electrons. The van der Waals surface area contributed by atoms with Crippen LogP contribution in [0.1, 0.15) is 33.0 Å². The first-order valence-corrected chi connectivity index (χ1v) is 7.89. The van der Waals surface area contributed by atoms with Gasteiger partial charge in [-0.25, -0.2) is 0 Å². The highest BCUT2D eigenvalue weighted by atomic mass is 32.1. The summed E-state index contributed by atoms with van der Waals surface area (Å²) >= 11 is 1.47. The number of Topliss-reactive ketones (excluding diaryl/α,β-unsaturated/α-hetero) is 1. The standard InChI is InChI=1S/C17H19NO3S/c1-12-6-8-16(22-12)15(19)7-9-17(20)18-11-13-4-3-5-14(10-13)21-2/h3-6,8,10H,7,9,11H2,1-2H3,(H,18,20). The lowest BCUT2D eigenvalue weighted by molar-refractivity contribution is -0.121. The molecule has 0 saturated heterocycles. The number of hydrogen-bond donors (Lipinski definition) is 1. The molecule has 116 valence electrons. The third-order valence-corrected chi connectivity index (χ3v) is 4.26. The SMILES string of the molecule is COc1cccc(CNC(=O)CCC(=O)c2ccc(C)s2)c1. The summed E-state index contributed by atoms with van der Waals surface area (Å²) in [6.45, 7) is 2.39. The van der Waals surface area contributed by atoms with Crippen LogP contribution in [0.15, 0.2) is 36.4 Å². The molecule has 0 saturated carbocycles. The van der Waals surface area contributed by atoms with Crippen molar-refractivity contribution < 1.29 is 14.3 Å². The molecule has 4 nitrogen and oxygen atoms in total. The maximum Gasteiger partial charge on any atom is 0.220 e. The molecular weight excluding hydrogens is 298 g/mol. The Bertz CT molecular complexity index is 663. The Morgan fingerprint density at radius 2 is 2.00 bits per heavy atom. The highest BCUT2D eigenvalue weighted by Crippen LogP contribution is 2.17. The van der Waals surface area contributed by atoms with E-state index >= 15 is 0 Å². The van der Waals surface area contributed by atoms with Gasteiger partial charge in [0.15, 0.2) is 5.78 Å². The number of amides is 1. The van der Waals surface area contributed by atoms with Gasteiger partial charge in [0, 0.05) is 24.3 Å². The van der Waals surface area contributed by atoms with E-state index in [2.05, 4.69) is 5.32 Å². The van der Waals surface area contributed by atoms with Crippen LogP contribution in [0.4, 0.5) is 0 Å². The number of thiophene rings is 1. The largest absolute Gasteiger partial charge is 0.497 e. The van der Waals surface area contributed by atoms with Crippen molar-refractivity contribution in [2.24, 2.45) is 0 Å². The number of ether oxygens (including phenoxy) is 1. The van der Waals surface area contributed by atoms with Gasteiger partial charge in [-0.2, -0.15) is 0 Å². The van der Waals surface area contributed by atoms with Crippen LogP contribution >= 0.6 is 11.3 Å². The number of methoxy groups -OCH3 is 1. The number of hydrogen-bond acceptors (Lipinski definition) is 4. The Hall–Kier alpha value is -2.14. The van der Waals surface area contributed by atoms with Crippen LogP contribution in [0.25, 0.3) is 0 Å². The van der Waals surface area contributed by atoms with Gasteiger partial charge in [-0.3, -0.25) is 9.59 Å². The molecule has 2 aromatic rings.